The van der Waals surface area contributed by atoms with Gasteiger partial charge in [0.25, 0.3) is 0 Å². The first-order valence-corrected chi connectivity index (χ1v) is 10.7. The maximum atomic E-state index is 12.6. The van der Waals surface area contributed by atoms with Gasteiger partial charge in [-0.05, 0) is 63.6 Å². The first-order valence-electron chi connectivity index (χ1n) is 9.35. The second kappa shape index (κ2) is 9.00. The SMILES string of the molecule is CC(C)(C)N(CCC(O)c1cccc(S(=O)CC2CCCC2)c1)C(=O)O. The molecule has 0 spiro atoms. The van der Waals surface area contributed by atoms with Crippen LogP contribution in [-0.4, -0.2) is 43.3 Å². The van der Waals surface area contributed by atoms with Crippen molar-refractivity contribution in [2.75, 3.05) is 12.3 Å². The predicted molar refractivity (Wildman–Crippen MR) is 104 cm³/mol. The van der Waals surface area contributed by atoms with E-state index in [9.17, 15) is 19.2 Å². The monoisotopic (exact) mass is 381 g/mol. The number of nitrogens with zero attached hydrogens (tertiary/aromatic N) is 1. The molecule has 0 heterocycles. The molecule has 5 nitrogen and oxygen atoms in total. The van der Waals surface area contributed by atoms with E-state index in [4.69, 9.17) is 0 Å². The molecule has 0 aliphatic heterocycles. The molecule has 0 bridgehead atoms. The molecule has 1 saturated carbocycles. The van der Waals surface area contributed by atoms with Crippen LogP contribution in [0.2, 0.25) is 0 Å². The normalized spacial score (nSPS) is 17.8. The number of rotatable bonds is 7. The third-order valence-electron chi connectivity index (χ3n) is 5.03. The fourth-order valence-corrected chi connectivity index (χ4v) is 4.94. The highest BCUT2D eigenvalue weighted by molar-refractivity contribution is 7.85. The van der Waals surface area contributed by atoms with Crippen LogP contribution in [0.5, 0.6) is 0 Å². The second-order valence-corrected chi connectivity index (χ2v) is 9.64. The zero-order valence-corrected chi connectivity index (χ0v) is 16.8. The van der Waals surface area contributed by atoms with Crippen LogP contribution in [0, 0.1) is 5.92 Å². The molecule has 2 atom stereocenters. The lowest BCUT2D eigenvalue weighted by Crippen LogP contribution is -2.45. The van der Waals surface area contributed by atoms with E-state index >= 15 is 0 Å². The lowest BCUT2D eigenvalue weighted by atomic mass is 10.0. The fourth-order valence-electron chi connectivity index (χ4n) is 3.49. The van der Waals surface area contributed by atoms with Gasteiger partial charge in [0.05, 0.1) is 16.9 Å². The Balaban J connectivity index is 1.99. The molecule has 0 aromatic heterocycles. The Labute approximate surface area is 158 Å². The maximum Gasteiger partial charge on any atom is 0.407 e. The summed E-state index contributed by atoms with van der Waals surface area (Å²) in [6.07, 6.45) is 3.32. The van der Waals surface area contributed by atoms with Gasteiger partial charge in [0.1, 0.15) is 0 Å². The molecule has 1 fully saturated rings. The van der Waals surface area contributed by atoms with Crippen molar-refractivity contribution in [3.05, 3.63) is 29.8 Å². The van der Waals surface area contributed by atoms with Crippen molar-refractivity contribution in [3.8, 4) is 0 Å². The third kappa shape index (κ3) is 5.81. The highest BCUT2D eigenvalue weighted by Crippen LogP contribution is 2.28. The van der Waals surface area contributed by atoms with E-state index in [1.54, 1.807) is 6.07 Å². The van der Waals surface area contributed by atoms with Crippen LogP contribution in [0.3, 0.4) is 0 Å². The van der Waals surface area contributed by atoms with Gasteiger partial charge < -0.3 is 15.1 Å². The summed E-state index contributed by atoms with van der Waals surface area (Å²) in [7, 11) is -1.05. The van der Waals surface area contributed by atoms with E-state index in [-0.39, 0.29) is 6.54 Å². The molecule has 1 aliphatic rings. The van der Waals surface area contributed by atoms with Crippen LogP contribution in [0.4, 0.5) is 4.79 Å². The average molecular weight is 382 g/mol. The van der Waals surface area contributed by atoms with Crippen molar-refractivity contribution < 1.29 is 19.2 Å². The average Bonchev–Trinajstić information content (AvgIpc) is 3.06. The van der Waals surface area contributed by atoms with Crippen LogP contribution in [0.25, 0.3) is 0 Å². The summed E-state index contributed by atoms with van der Waals surface area (Å²) in [6, 6.07) is 7.28. The van der Waals surface area contributed by atoms with E-state index in [2.05, 4.69) is 0 Å². The number of hydrogen-bond donors (Lipinski definition) is 2. The molecule has 2 unspecified atom stereocenters. The molecule has 2 N–H and O–H groups in total. The van der Waals surface area contributed by atoms with E-state index in [0.717, 1.165) is 17.7 Å². The molecule has 1 aliphatic carbocycles. The number of hydrogen-bond acceptors (Lipinski definition) is 3. The van der Waals surface area contributed by atoms with Crippen molar-refractivity contribution in [2.24, 2.45) is 5.92 Å². The largest absolute Gasteiger partial charge is 0.465 e. The number of aliphatic hydroxyl groups excluding tert-OH is 1. The van der Waals surface area contributed by atoms with Crippen molar-refractivity contribution >= 4 is 16.9 Å². The molecule has 1 aromatic rings. The van der Waals surface area contributed by atoms with E-state index < -0.39 is 28.5 Å². The van der Waals surface area contributed by atoms with E-state index in [0.29, 0.717) is 23.7 Å². The lowest BCUT2D eigenvalue weighted by molar-refractivity contribution is 0.0821. The van der Waals surface area contributed by atoms with Crippen LogP contribution in [0.1, 0.15) is 64.5 Å². The number of amides is 1. The molecule has 1 amide bonds. The molecular weight excluding hydrogens is 350 g/mol. The van der Waals surface area contributed by atoms with Gasteiger partial charge in [-0.25, -0.2) is 4.79 Å². The highest BCUT2D eigenvalue weighted by Gasteiger charge is 2.26. The molecular formula is C20H31NO4S. The zero-order chi connectivity index (χ0) is 19.3. The van der Waals surface area contributed by atoms with Gasteiger partial charge in [-0.3, -0.25) is 4.21 Å². The molecule has 6 heteroatoms. The van der Waals surface area contributed by atoms with Gasteiger partial charge >= 0.3 is 6.09 Å². The first kappa shape index (κ1) is 20.9. The van der Waals surface area contributed by atoms with Gasteiger partial charge in [0, 0.05) is 22.7 Å². The predicted octanol–water partition coefficient (Wildman–Crippen LogP) is 4.19. The van der Waals surface area contributed by atoms with E-state index in [1.807, 2.05) is 39.0 Å². The molecule has 1 aromatic carbocycles. The Bertz CT molecular complexity index is 635. The topological polar surface area (TPSA) is 77.8 Å². The van der Waals surface area contributed by atoms with Crippen molar-refractivity contribution in [1.82, 2.24) is 4.90 Å². The van der Waals surface area contributed by atoms with Gasteiger partial charge in [-0.15, -0.1) is 0 Å². The summed E-state index contributed by atoms with van der Waals surface area (Å²) < 4.78 is 12.6. The summed E-state index contributed by atoms with van der Waals surface area (Å²) in [6.45, 7) is 5.75. The zero-order valence-electron chi connectivity index (χ0n) is 16.0. The van der Waals surface area contributed by atoms with Crippen molar-refractivity contribution in [1.29, 1.82) is 0 Å². The second-order valence-electron chi connectivity index (χ2n) is 8.14. The molecule has 0 saturated heterocycles. The van der Waals surface area contributed by atoms with Crippen molar-refractivity contribution in [3.63, 3.8) is 0 Å². The van der Waals surface area contributed by atoms with Crippen LogP contribution >= 0.6 is 0 Å². The van der Waals surface area contributed by atoms with Crippen LogP contribution in [0.15, 0.2) is 29.2 Å². The Hall–Kier alpha value is -1.40. The Morgan fingerprint density at radius 3 is 2.54 bits per heavy atom. The quantitative estimate of drug-likeness (QED) is 0.742. The number of benzene rings is 1. The van der Waals surface area contributed by atoms with Gasteiger partial charge in [-0.2, -0.15) is 0 Å². The lowest BCUT2D eigenvalue weighted by Gasteiger charge is -2.33. The summed E-state index contributed by atoms with van der Waals surface area (Å²) in [5.74, 6) is 1.23. The summed E-state index contributed by atoms with van der Waals surface area (Å²) in [5, 5.41) is 19.8. The summed E-state index contributed by atoms with van der Waals surface area (Å²) in [5.41, 5.74) is 0.178. The molecule has 0 radical (unpaired) electrons. The molecule has 26 heavy (non-hydrogen) atoms. The Morgan fingerprint density at radius 2 is 1.96 bits per heavy atom. The highest BCUT2D eigenvalue weighted by atomic mass is 32.2. The molecule has 2 rings (SSSR count). The minimum Gasteiger partial charge on any atom is -0.465 e. The van der Waals surface area contributed by atoms with E-state index in [1.165, 1.54) is 17.7 Å². The van der Waals surface area contributed by atoms with Crippen LogP contribution < -0.4 is 0 Å². The van der Waals surface area contributed by atoms with Gasteiger partial charge in [-0.1, -0.05) is 25.0 Å². The minimum atomic E-state index is -1.05. The number of carbonyl (C=O) groups is 1. The number of carboxylic acid groups (broad SMARTS) is 1. The smallest absolute Gasteiger partial charge is 0.407 e. The van der Waals surface area contributed by atoms with Crippen LogP contribution in [-0.2, 0) is 10.8 Å². The van der Waals surface area contributed by atoms with Crippen molar-refractivity contribution in [2.45, 2.75) is 69.4 Å². The van der Waals surface area contributed by atoms with Gasteiger partial charge in [0.2, 0.25) is 0 Å². The fraction of sp³-hybridized carbons (Fsp3) is 0.650. The summed E-state index contributed by atoms with van der Waals surface area (Å²) >= 11 is 0. The minimum absolute atomic E-state index is 0.245. The summed E-state index contributed by atoms with van der Waals surface area (Å²) in [4.78, 5) is 13.5. The number of aliphatic hydroxyl groups is 1. The Kier molecular flexibility index (Phi) is 7.24. The Morgan fingerprint density at radius 1 is 1.31 bits per heavy atom. The first-order chi connectivity index (χ1) is 12.2. The maximum absolute atomic E-state index is 12.6. The standard InChI is InChI=1S/C20H31NO4S/c1-20(2,3)21(19(23)24)12-11-18(22)16-9-6-10-17(13-16)26(25)14-15-7-4-5-8-15/h6,9-10,13,15,18,22H,4-5,7-8,11-12,14H2,1-3H3,(H,23,24). The van der Waals surface area contributed by atoms with Gasteiger partial charge in [0.15, 0.2) is 0 Å². The molecule has 146 valence electrons. The third-order valence-corrected chi connectivity index (χ3v) is 6.59.